The van der Waals surface area contributed by atoms with Crippen LogP contribution in [0.2, 0.25) is 0 Å². The Balaban J connectivity index is 2.10. The first kappa shape index (κ1) is 24.7. The van der Waals surface area contributed by atoms with Crippen LogP contribution in [0, 0.1) is 11.6 Å². The Bertz CT molecular complexity index is 1250. The fourth-order valence-corrected chi connectivity index (χ4v) is 2.85. The maximum Gasteiger partial charge on any atom is 0.416 e. The van der Waals surface area contributed by atoms with E-state index in [0.717, 1.165) is 31.8 Å². The normalized spacial score (nSPS) is 12.7. The molecular weight excluding hydrogens is 480 g/mol. The molecule has 180 valence electrons. The number of primary amides is 1. The number of rotatable bonds is 5. The van der Waals surface area contributed by atoms with E-state index in [1.54, 1.807) is 0 Å². The van der Waals surface area contributed by atoms with E-state index in [0.29, 0.717) is 16.8 Å². The Kier molecular flexibility index (Phi) is 6.35. The summed E-state index contributed by atoms with van der Waals surface area (Å²) in [4.78, 5) is 15.5. The lowest BCUT2D eigenvalue weighted by Crippen LogP contribution is -2.15. The first-order chi connectivity index (χ1) is 15.7. The van der Waals surface area contributed by atoms with E-state index in [9.17, 15) is 39.9 Å². The molecule has 6 nitrogen and oxygen atoms in total. The molecule has 0 fully saturated rings. The molecule has 34 heavy (non-hydrogen) atoms. The van der Waals surface area contributed by atoms with Crippen LogP contribution >= 0.6 is 0 Å². The van der Waals surface area contributed by atoms with E-state index < -0.39 is 69.3 Å². The number of hydrogen-bond acceptors (Lipinski definition) is 4. The third-order valence-electron chi connectivity index (χ3n) is 4.44. The zero-order chi connectivity index (χ0) is 25.4. The lowest BCUT2D eigenvalue weighted by Gasteiger charge is -2.13. The highest BCUT2D eigenvalue weighted by atomic mass is 19.4. The Morgan fingerprint density at radius 1 is 1.00 bits per heavy atom. The van der Waals surface area contributed by atoms with Gasteiger partial charge in [0.2, 0.25) is 5.82 Å². The molecule has 0 aliphatic carbocycles. The maximum atomic E-state index is 14.4. The van der Waals surface area contributed by atoms with Gasteiger partial charge in [0.1, 0.15) is 6.33 Å². The van der Waals surface area contributed by atoms with Crippen molar-refractivity contribution in [2.24, 2.45) is 5.73 Å². The van der Waals surface area contributed by atoms with Crippen molar-refractivity contribution in [1.82, 2.24) is 14.8 Å². The van der Waals surface area contributed by atoms with Crippen molar-refractivity contribution in [2.75, 3.05) is 7.11 Å². The first-order valence-electron chi connectivity index (χ1n) is 8.97. The molecule has 2 aromatic carbocycles. The van der Waals surface area contributed by atoms with Gasteiger partial charge in [-0.1, -0.05) is 0 Å². The highest BCUT2D eigenvalue weighted by Crippen LogP contribution is 2.38. The average Bonchev–Trinajstić information content (AvgIpc) is 3.21. The van der Waals surface area contributed by atoms with Crippen molar-refractivity contribution >= 4 is 17.7 Å². The summed E-state index contributed by atoms with van der Waals surface area (Å²) in [6.07, 6.45) is -8.58. The average molecular weight is 492 g/mol. The predicted molar refractivity (Wildman–Crippen MR) is 102 cm³/mol. The second-order valence-electron chi connectivity index (χ2n) is 6.69. The van der Waals surface area contributed by atoms with Crippen molar-refractivity contribution in [3.8, 4) is 17.1 Å². The standard InChI is InChI=1S/C20H12F8N4O2/c1-34-14-3-2-12(15(21)16(14)22)13(17(29)33)7-32-8-30-18(31-32)9-4-10(19(23,24)25)6-11(5-9)20(26,27)28/h2-8H,1H3,(H2,29,33)/b13-7+. The lowest BCUT2D eigenvalue weighted by molar-refractivity contribution is -0.143. The second-order valence-corrected chi connectivity index (χ2v) is 6.69. The summed E-state index contributed by atoms with van der Waals surface area (Å²) in [5, 5.41) is 3.71. The van der Waals surface area contributed by atoms with Crippen LogP contribution in [0.3, 0.4) is 0 Å². The molecule has 0 saturated carbocycles. The molecule has 2 N–H and O–H groups in total. The zero-order valence-corrected chi connectivity index (χ0v) is 16.8. The molecule has 0 aliphatic rings. The van der Waals surface area contributed by atoms with Crippen LogP contribution < -0.4 is 10.5 Å². The van der Waals surface area contributed by atoms with E-state index in [4.69, 9.17) is 5.73 Å². The minimum atomic E-state index is -5.09. The van der Waals surface area contributed by atoms with Crippen LogP contribution in [-0.2, 0) is 17.1 Å². The predicted octanol–water partition coefficient (Wildman–Crippen LogP) is 4.75. The number of ether oxygens (including phenoxy) is 1. The van der Waals surface area contributed by atoms with Gasteiger partial charge in [-0.25, -0.2) is 14.1 Å². The summed E-state index contributed by atoms with van der Waals surface area (Å²) >= 11 is 0. The Morgan fingerprint density at radius 2 is 1.59 bits per heavy atom. The number of carbonyl (C=O) groups is 1. The van der Waals surface area contributed by atoms with Gasteiger partial charge >= 0.3 is 12.4 Å². The molecule has 0 saturated heterocycles. The Labute approximate surface area is 185 Å². The van der Waals surface area contributed by atoms with Crippen molar-refractivity contribution < 1.29 is 44.7 Å². The van der Waals surface area contributed by atoms with Gasteiger partial charge < -0.3 is 10.5 Å². The summed E-state index contributed by atoms with van der Waals surface area (Å²) < 4.78 is 112. The van der Waals surface area contributed by atoms with Crippen LogP contribution in [0.25, 0.3) is 23.2 Å². The summed E-state index contributed by atoms with van der Waals surface area (Å²) in [6.45, 7) is 0. The highest BCUT2D eigenvalue weighted by molar-refractivity contribution is 6.22. The molecular formula is C20H12F8N4O2. The molecule has 1 amide bonds. The van der Waals surface area contributed by atoms with Gasteiger partial charge in [0, 0.05) is 17.3 Å². The van der Waals surface area contributed by atoms with E-state index >= 15 is 0 Å². The Hall–Kier alpha value is -3.97. The molecule has 14 heteroatoms. The first-order valence-corrected chi connectivity index (χ1v) is 8.97. The van der Waals surface area contributed by atoms with Crippen LogP contribution in [0.15, 0.2) is 36.7 Å². The molecule has 0 bridgehead atoms. The molecule has 3 aromatic rings. The van der Waals surface area contributed by atoms with E-state index in [-0.39, 0.29) is 6.07 Å². The summed E-state index contributed by atoms with van der Waals surface area (Å²) in [5.41, 5.74) is 0.210. The monoisotopic (exact) mass is 492 g/mol. The number of halogens is 8. The SMILES string of the molecule is COc1ccc(/C(=C\n2cnc(-c3cc(C(F)(F)F)cc(C(F)(F)F)c3)n2)C(N)=O)c(F)c1F. The summed E-state index contributed by atoms with van der Waals surface area (Å²) in [7, 11) is 1.08. The highest BCUT2D eigenvalue weighted by Gasteiger charge is 2.37. The number of nitrogens with two attached hydrogens (primary N) is 1. The van der Waals surface area contributed by atoms with Crippen molar-refractivity contribution in [3.05, 3.63) is 65.0 Å². The minimum Gasteiger partial charge on any atom is -0.494 e. The largest absolute Gasteiger partial charge is 0.494 e. The van der Waals surface area contributed by atoms with Gasteiger partial charge in [-0.05, 0) is 30.3 Å². The van der Waals surface area contributed by atoms with Crippen LogP contribution in [0.5, 0.6) is 5.75 Å². The van der Waals surface area contributed by atoms with Crippen molar-refractivity contribution in [2.45, 2.75) is 12.4 Å². The smallest absolute Gasteiger partial charge is 0.416 e. The minimum absolute atomic E-state index is 0.0629. The lowest BCUT2D eigenvalue weighted by atomic mass is 10.0. The molecule has 1 heterocycles. The summed E-state index contributed by atoms with van der Waals surface area (Å²) in [5.74, 6) is -5.18. The van der Waals surface area contributed by atoms with Crippen LogP contribution in [0.1, 0.15) is 16.7 Å². The third-order valence-corrected chi connectivity index (χ3v) is 4.44. The van der Waals surface area contributed by atoms with Crippen molar-refractivity contribution in [1.29, 1.82) is 0 Å². The number of amides is 1. The number of hydrogen-bond donors (Lipinski definition) is 1. The molecule has 0 spiro atoms. The second kappa shape index (κ2) is 8.76. The topological polar surface area (TPSA) is 83.0 Å². The number of carbonyl (C=O) groups excluding carboxylic acids is 1. The van der Waals surface area contributed by atoms with Crippen LogP contribution in [-0.4, -0.2) is 27.8 Å². The molecule has 1 aromatic heterocycles. The fraction of sp³-hybridized carbons (Fsp3) is 0.150. The van der Waals surface area contributed by atoms with E-state index in [2.05, 4.69) is 14.8 Å². The van der Waals surface area contributed by atoms with E-state index in [1.165, 1.54) is 0 Å². The summed E-state index contributed by atoms with van der Waals surface area (Å²) in [6, 6.07) is 2.75. The molecule has 0 unspecified atom stereocenters. The number of aromatic nitrogens is 3. The zero-order valence-electron chi connectivity index (χ0n) is 16.8. The van der Waals surface area contributed by atoms with E-state index in [1.807, 2.05) is 0 Å². The van der Waals surface area contributed by atoms with Gasteiger partial charge in [-0.2, -0.15) is 30.7 Å². The van der Waals surface area contributed by atoms with Crippen LogP contribution in [0.4, 0.5) is 35.1 Å². The molecule has 3 rings (SSSR count). The maximum absolute atomic E-state index is 14.4. The quantitative estimate of drug-likeness (QED) is 0.412. The third kappa shape index (κ3) is 5.00. The molecule has 0 aliphatic heterocycles. The fourth-order valence-electron chi connectivity index (χ4n) is 2.85. The van der Waals surface area contributed by atoms with Gasteiger partial charge in [0.25, 0.3) is 5.91 Å². The van der Waals surface area contributed by atoms with Gasteiger partial charge in [-0.15, -0.1) is 5.10 Å². The molecule has 0 atom stereocenters. The Morgan fingerprint density at radius 3 is 2.09 bits per heavy atom. The number of benzene rings is 2. The number of alkyl halides is 6. The van der Waals surface area contributed by atoms with Gasteiger partial charge in [-0.3, -0.25) is 4.79 Å². The number of nitrogens with zero attached hydrogens (tertiary/aromatic N) is 3. The molecule has 0 radical (unpaired) electrons. The van der Waals surface area contributed by atoms with Crippen molar-refractivity contribution in [3.63, 3.8) is 0 Å². The van der Waals surface area contributed by atoms with Gasteiger partial charge in [0.05, 0.1) is 23.8 Å². The number of methoxy groups -OCH3 is 1. The van der Waals surface area contributed by atoms with Gasteiger partial charge in [0.15, 0.2) is 17.4 Å².